The second-order valence-electron chi connectivity index (χ2n) is 3.95. The molecule has 0 aliphatic rings. The van der Waals surface area contributed by atoms with E-state index in [1.165, 1.54) is 6.33 Å². The Morgan fingerprint density at radius 1 is 1.39 bits per heavy atom. The van der Waals surface area contributed by atoms with Gasteiger partial charge in [0.25, 0.3) is 0 Å². The van der Waals surface area contributed by atoms with Gasteiger partial charge in [-0.05, 0) is 26.0 Å². The van der Waals surface area contributed by atoms with Crippen LogP contribution >= 0.6 is 12.4 Å². The van der Waals surface area contributed by atoms with E-state index in [0.29, 0.717) is 5.82 Å². The summed E-state index contributed by atoms with van der Waals surface area (Å²) in [7, 11) is 0. The molecular formula is C12H14ClN3O2. The summed E-state index contributed by atoms with van der Waals surface area (Å²) in [5, 5.41) is 12.6. The fourth-order valence-corrected chi connectivity index (χ4v) is 1.55. The number of rotatable bonds is 3. The lowest BCUT2D eigenvalue weighted by molar-refractivity contribution is -0.137. The highest BCUT2D eigenvalue weighted by Gasteiger charge is 2.12. The smallest absolute Gasteiger partial charge is 0.325 e. The average Bonchev–Trinajstić information content (AvgIpc) is 2.29. The van der Waals surface area contributed by atoms with Gasteiger partial charge >= 0.3 is 5.97 Å². The van der Waals surface area contributed by atoms with Crippen molar-refractivity contribution < 1.29 is 9.90 Å². The fraction of sp³-hybridized carbons (Fsp3) is 0.250. The van der Waals surface area contributed by atoms with E-state index in [9.17, 15) is 4.79 Å². The number of fused-ring (bicyclic) bond motifs is 1. The minimum Gasteiger partial charge on any atom is -0.480 e. The average molecular weight is 268 g/mol. The number of aromatic nitrogens is 2. The van der Waals surface area contributed by atoms with Crippen molar-refractivity contribution in [3.05, 3.63) is 30.1 Å². The topological polar surface area (TPSA) is 75.1 Å². The number of carbonyl (C=O) groups is 1. The molecule has 1 atom stereocenters. The quantitative estimate of drug-likeness (QED) is 0.892. The Morgan fingerprint density at radius 2 is 2.11 bits per heavy atom. The first-order valence-electron chi connectivity index (χ1n) is 5.28. The molecule has 18 heavy (non-hydrogen) atoms. The van der Waals surface area contributed by atoms with Crippen molar-refractivity contribution >= 4 is 35.1 Å². The Labute approximate surface area is 111 Å². The molecule has 6 heteroatoms. The molecule has 0 radical (unpaired) electrons. The molecule has 0 saturated carbocycles. The maximum Gasteiger partial charge on any atom is 0.325 e. The van der Waals surface area contributed by atoms with E-state index in [4.69, 9.17) is 5.11 Å². The highest BCUT2D eigenvalue weighted by atomic mass is 35.5. The summed E-state index contributed by atoms with van der Waals surface area (Å²) < 4.78 is 0. The first-order valence-corrected chi connectivity index (χ1v) is 5.28. The van der Waals surface area contributed by atoms with Gasteiger partial charge in [-0.1, -0.05) is 11.6 Å². The van der Waals surface area contributed by atoms with Gasteiger partial charge in [0, 0.05) is 5.39 Å². The minimum absolute atomic E-state index is 0. The zero-order chi connectivity index (χ0) is 12.4. The van der Waals surface area contributed by atoms with E-state index in [2.05, 4.69) is 15.3 Å². The molecule has 0 fully saturated rings. The monoisotopic (exact) mass is 267 g/mol. The number of benzene rings is 1. The van der Waals surface area contributed by atoms with E-state index in [1.54, 1.807) is 6.92 Å². The summed E-state index contributed by atoms with van der Waals surface area (Å²) in [5.74, 6) is -0.363. The third-order valence-electron chi connectivity index (χ3n) is 2.51. The lowest BCUT2D eigenvalue weighted by Crippen LogP contribution is -2.26. The molecule has 0 saturated heterocycles. The molecule has 0 amide bonds. The van der Waals surface area contributed by atoms with Gasteiger partial charge in [0.1, 0.15) is 18.2 Å². The van der Waals surface area contributed by atoms with Crippen LogP contribution in [0.2, 0.25) is 0 Å². The van der Waals surface area contributed by atoms with Crippen molar-refractivity contribution in [2.24, 2.45) is 0 Å². The summed E-state index contributed by atoms with van der Waals surface area (Å²) in [6.45, 7) is 3.54. The van der Waals surface area contributed by atoms with Crippen LogP contribution in [0.4, 0.5) is 5.82 Å². The lowest BCUT2D eigenvalue weighted by atomic mass is 10.1. The van der Waals surface area contributed by atoms with Gasteiger partial charge in [-0.2, -0.15) is 0 Å². The molecule has 96 valence electrons. The number of carboxylic acid groups (broad SMARTS) is 1. The normalized spacial score (nSPS) is 11.7. The van der Waals surface area contributed by atoms with Gasteiger partial charge in [-0.25, -0.2) is 9.97 Å². The summed E-state index contributed by atoms with van der Waals surface area (Å²) in [4.78, 5) is 19.0. The molecule has 1 heterocycles. The van der Waals surface area contributed by atoms with Crippen LogP contribution in [-0.2, 0) is 4.79 Å². The third-order valence-corrected chi connectivity index (χ3v) is 2.51. The van der Waals surface area contributed by atoms with Gasteiger partial charge in [-0.15, -0.1) is 12.4 Å². The number of nitrogens with zero attached hydrogens (tertiary/aromatic N) is 2. The predicted molar refractivity (Wildman–Crippen MR) is 72.2 cm³/mol. The molecule has 1 aromatic heterocycles. The maximum atomic E-state index is 10.8. The van der Waals surface area contributed by atoms with Gasteiger partial charge in [-0.3, -0.25) is 4.79 Å². The van der Waals surface area contributed by atoms with E-state index in [-0.39, 0.29) is 12.4 Å². The van der Waals surface area contributed by atoms with Crippen LogP contribution in [0.3, 0.4) is 0 Å². The minimum atomic E-state index is -0.913. The molecule has 2 rings (SSSR count). The highest BCUT2D eigenvalue weighted by Crippen LogP contribution is 2.20. The molecule has 0 aliphatic heterocycles. The van der Waals surface area contributed by atoms with Crippen molar-refractivity contribution in [3.63, 3.8) is 0 Å². The van der Waals surface area contributed by atoms with Crippen LogP contribution in [0.1, 0.15) is 12.5 Å². The molecule has 0 unspecified atom stereocenters. The number of halogens is 1. The molecule has 2 N–H and O–H groups in total. The van der Waals surface area contributed by atoms with E-state index < -0.39 is 12.0 Å². The molecule has 2 aromatic rings. The molecule has 1 aromatic carbocycles. The lowest BCUT2D eigenvalue weighted by Gasteiger charge is -2.11. The molecule has 0 aliphatic carbocycles. The number of hydrogen-bond donors (Lipinski definition) is 2. The maximum absolute atomic E-state index is 10.8. The van der Waals surface area contributed by atoms with Crippen LogP contribution in [0.15, 0.2) is 24.5 Å². The Bertz CT molecular complexity index is 574. The van der Waals surface area contributed by atoms with Crippen molar-refractivity contribution in [1.82, 2.24) is 9.97 Å². The fourth-order valence-electron chi connectivity index (χ4n) is 1.55. The van der Waals surface area contributed by atoms with Crippen molar-refractivity contribution in [3.8, 4) is 0 Å². The number of nitrogens with one attached hydrogen (secondary N) is 1. The number of anilines is 1. The molecule has 5 nitrogen and oxygen atoms in total. The summed E-state index contributed by atoms with van der Waals surface area (Å²) in [6, 6.07) is 5.10. The Kier molecular flexibility index (Phi) is 4.44. The van der Waals surface area contributed by atoms with Gasteiger partial charge < -0.3 is 10.4 Å². The van der Waals surface area contributed by atoms with Crippen LogP contribution in [0.25, 0.3) is 10.9 Å². The first-order chi connectivity index (χ1) is 8.08. The number of aliphatic carboxylic acids is 1. The second kappa shape index (κ2) is 5.64. The Morgan fingerprint density at radius 3 is 2.78 bits per heavy atom. The number of carboxylic acids is 1. The zero-order valence-corrected chi connectivity index (χ0v) is 10.9. The third kappa shape index (κ3) is 2.87. The van der Waals surface area contributed by atoms with Crippen molar-refractivity contribution in [1.29, 1.82) is 0 Å². The van der Waals surface area contributed by atoms with Crippen molar-refractivity contribution in [2.75, 3.05) is 5.32 Å². The predicted octanol–water partition coefficient (Wildman–Crippen LogP) is 2.25. The second-order valence-corrected chi connectivity index (χ2v) is 3.95. The standard InChI is InChI=1S/C12H13N3O2.ClH/c1-7-3-4-10-9(5-7)11(14-6-13-10)15-8(2)12(16)17;/h3-6,8H,1-2H3,(H,16,17)(H,13,14,15);1H/t8-;/m0./s1. The van der Waals surface area contributed by atoms with Crippen molar-refractivity contribution in [2.45, 2.75) is 19.9 Å². The number of hydrogen-bond acceptors (Lipinski definition) is 4. The van der Waals surface area contributed by atoms with Crippen LogP contribution in [-0.4, -0.2) is 27.1 Å². The Hall–Kier alpha value is -1.88. The summed E-state index contributed by atoms with van der Waals surface area (Å²) >= 11 is 0. The molecular weight excluding hydrogens is 254 g/mol. The van der Waals surface area contributed by atoms with E-state index >= 15 is 0 Å². The highest BCUT2D eigenvalue weighted by molar-refractivity contribution is 5.91. The SMILES string of the molecule is Cc1ccc2ncnc(N[C@@H](C)C(=O)O)c2c1.Cl. The van der Waals surface area contributed by atoms with Crippen LogP contribution < -0.4 is 5.32 Å². The zero-order valence-electron chi connectivity index (χ0n) is 10.0. The van der Waals surface area contributed by atoms with Gasteiger partial charge in [0.2, 0.25) is 0 Å². The van der Waals surface area contributed by atoms with Crippen LogP contribution in [0, 0.1) is 6.92 Å². The molecule has 0 spiro atoms. The number of aryl methyl sites for hydroxylation is 1. The molecule has 0 bridgehead atoms. The van der Waals surface area contributed by atoms with E-state index in [0.717, 1.165) is 16.5 Å². The Balaban J connectivity index is 0.00000162. The van der Waals surface area contributed by atoms with Gasteiger partial charge in [0.05, 0.1) is 5.52 Å². The first kappa shape index (κ1) is 14.2. The van der Waals surface area contributed by atoms with E-state index in [1.807, 2.05) is 25.1 Å². The summed E-state index contributed by atoms with van der Waals surface area (Å²) in [5.41, 5.74) is 1.88. The van der Waals surface area contributed by atoms with Crippen LogP contribution in [0.5, 0.6) is 0 Å². The largest absolute Gasteiger partial charge is 0.480 e. The van der Waals surface area contributed by atoms with Gasteiger partial charge in [0.15, 0.2) is 0 Å². The summed E-state index contributed by atoms with van der Waals surface area (Å²) in [6.07, 6.45) is 1.43.